The quantitative estimate of drug-likeness (QED) is 0.724. The van der Waals surface area contributed by atoms with Gasteiger partial charge in [0.05, 0.1) is 5.69 Å². The van der Waals surface area contributed by atoms with Gasteiger partial charge in [-0.3, -0.25) is 24.6 Å². The van der Waals surface area contributed by atoms with Crippen LogP contribution in [-0.2, 0) is 20.8 Å². The van der Waals surface area contributed by atoms with Crippen LogP contribution < -0.4 is 15.8 Å². The van der Waals surface area contributed by atoms with Gasteiger partial charge in [-0.2, -0.15) is 0 Å². The maximum atomic E-state index is 13.1. The Labute approximate surface area is 186 Å². The highest BCUT2D eigenvalue weighted by molar-refractivity contribution is 6.02. The van der Waals surface area contributed by atoms with Gasteiger partial charge in [0.15, 0.2) is 0 Å². The number of carbonyl (C=O) groups is 4. The number of hydrogen-bond acceptors (Lipinski definition) is 4. The van der Waals surface area contributed by atoms with Crippen molar-refractivity contribution in [1.29, 1.82) is 0 Å². The molecular weight excluding hydrogens is 408 g/mol. The second-order valence-electron chi connectivity index (χ2n) is 8.06. The molecule has 2 aromatic carbocycles. The molecule has 2 heterocycles. The summed E-state index contributed by atoms with van der Waals surface area (Å²) in [5.74, 6) is -0.867. The maximum absolute atomic E-state index is 13.1. The number of nitrogens with one attached hydrogen (secondary N) is 2. The molecule has 0 aromatic heterocycles. The summed E-state index contributed by atoms with van der Waals surface area (Å²) in [6, 6.07) is 15.3. The SMILES string of the molecule is O=C1CCC(=O)N(c2ccc(C(=O)NC(Cc3ccccc3)C(=O)N3CCCC3)cc2)N1. The van der Waals surface area contributed by atoms with E-state index in [1.165, 1.54) is 5.01 Å². The summed E-state index contributed by atoms with van der Waals surface area (Å²) in [6.07, 6.45) is 2.68. The summed E-state index contributed by atoms with van der Waals surface area (Å²) in [6.45, 7) is 1.43. The van der Waals surface area contributed by atoms with E-state index in [1.54, 1.807) is 24.3 Å². The van der Waals surface area contributed by atoms with Crippen molar-refractivity contribution >= 4 is 29.3 Å². The smallest absolute Gasteiger partial charge is 0.251 e. The first-order chi connectivity index (χ1) is 15.5. The van der Waals surface area contributed by atoms with Gasteiger partial charge < -0.3 is 10.2 Å². The first-order valence-electron chi connectivity index (χ1n) is 10.9. The van der Waals surface area contributed by atoms with E-state index < -0.39 is 6.04 Å². The van der Waals surface area contributed by atoms with Crippen molar-refractivity contribution in [2.24, 2.45) is 0 Å². The Morgan fingerprint density at radius 2 is 1.62 bits per heavy atom. The van der Waals surface area contributed by atoms with E-state index in [0.717, 1.165) is 18.4 Å². The minimum absolute atomic E-state index is 0.0713. The zero-order valence-electron chi connectivity index (χ0n) is 17.8. The molecule has 2 N–H and O–H groups in total. The molecular formula is C24H26N4O4. The lowest BCUT2D eigenvalue weighted by Crippen LogP contribution is -2.50. The highest BCUT2D eigenvalue weighted by Gasteiger charge is 2.29. The predicted molar refractivity (Wildman–Crippen MR) is 119 cm³/mol. The molecule has 166 valence electrons. The van der Waals surface area contributed by atoms with Crippen LogP contribution in [0.4, 0.5) is 5.69 Å². The van der Waals surface area contributed by atoms with Crippen molar-refractivity contribution in [3.05, 3.63) is 65.7 Å². The van der Waals surface area contributed by atoms with Gasteiger partial charge in [-0.15, -0.1) is 0 Å². The molecule has 0 spiro atoms. The lowest BCUT2D eigenvalue weighted by molar-refractivity contribution is -0.132. The van der Waals surface area contributed by atoms with Crippen LogP contribution in [0.3, 0.4) is 0 Å². The molecule has 0 radical (unpaired) electrons. The number of hydrogen-bond donors (Lipinski definition) is 2. The molecule has 4 amide bonds. The topological polar surface area (TPSA) is 98.8 Å². The van der Waals surface area contributed by atoms with E-state index in [0.29, 0.717) is 30.8 Å². The van der Waals surface area contributed by atoms with E-state index in [2.05, 4.69) is 10.7 Å². The standard InChI is InChI=1S/C24H26N4O4/c29-21-12-13-22(30)28(26-21)19-10-8-18(9-11-19)23(31)25-20(16-17-6-2-1-3-7-17)24(32)27-14-4-5-15-27/h1-3,6-11,20H,4-5,12-16H2,(H,25,31)(H,26,29). The summed E-state index contributed by atoms with van der Waals surface area (Å²) in [5, 5.41) is 4.09. The number of amides is 4. The van der Waals surface area contributed by atoms with Gasteiger partial charge in [-0.05, 0) is 42.7 Å². The van der Waals surface area contributed by atoms with Crippen LogP contribution in [-0.4, -0.2) is 47.7 Å². The fraction of sp³-hybridized carbons (Fsp3) is 0.333. The van der Waals surface area contributed by atoms with Gasteiger partial charge in [0.2, 0.25) is 17.7 Å². The average molecular weight is 434 g/mol. The minimum Gasteiger partial charge on any atom is -0.341 e. The van der Waals surface area contributed by atoms with Crippen molar-refractivity contribution < 1.29 is 19.2 Å². The number of hydrazine groups is 1. The van der Waals surface area contributed by atoms with E-state index in [9.17, 15) is 19.2 Å². The predicted octanol–water partition coefficient (Wildman–Crippen LogP) is 1.81. The lowest BCUT2D eigenvalue weighted by Gasteiger charge is -2.27. The molecule has 1 atom stereocenters. The Morgan fingerprint density at radius 3 is 2.31 bits per heavy atom. The highest BCUT2D eigenvalue weighted by Crippen LogP contribution is 2.18. The Kier molecular flexibility index (Phi) is 6.49. The van der Waals surface area contributed by atoms with Gasteiger partial charge in [0.1, 0.15) is 6.04 Å². The Bertz CT molecular complexity index is 1000. The summed E-state index contributed by atoms with van der Waals surface area (Å²) >= 11 is 0. The molecule has 0 bridgehead atoms. The minimum atomic E-state index is -0.661. The number of rotatable bonds is 6. The van der Waals surface area contributed by atoms with Crippen molar-refractivity contribution in [2.75, 3.05) is 18.1 Å². The van der Waals surface area contributed by atoms with Crippen molar-refractivity contribution in [3.8, 4) is 0 Å². The molecule has 1 unspecified atom stereocenters. The van der Waals surface area contributed by atoms with Gasteiger partial charge in [0, 0.05) is 37.9 Å². The highest BCUT2D eigenvalue weighted by atomic mass is 16.2. The fourth-order valence-electron chi connectivity index (χ4n) is 3.99. The molecule has 8 nitrogen and oxygen atoms in total. The number of nitrogens with zero attached hydrogens (tertiary/aromatic N) is 2. The monoisotopic (exact) mass is 434 g/mol. The Balaban J connectivity index is 1.47. The van der Waals surface area contributed by atoms with Crippen molar-refractivity contribution in [1.82, 2.24) is 15.6 Å². The van der Waals surface area contributed by atoms with Crippen molar-refractivity contribution in [3.63, 3.8) is 0 Å². The second kappa shape index (κ2) is 9.64. The molecule has 0 saturated carbocycles. The lowest BCUT2D eigenvalue weighted by atomic mass is 10.0. The Hall–Kier alpha value is -3.68. The number of likely N-dealkylation sites (tertiary alicyclic amines) is 1. The third-order valence-corrected chi connectivity index (χ3v) is 5.74. The van der Waals surface area contributed by atoms with Gasteiger partial charge in [0.25, 0.3) is 5.91 Å². The third-order valence-electron chi connectivity index (χ3n) is 5.74. The van der Waals surface area contributed by atoms with Crippen LogP contribution in [0.1, 0.15) is 41.6 Å². The molecule has 2 aromatic rings. The van der Waals surface area contributed by atoms with E-state index in [1.807, 2.05) is 35.2 Å². The number of benzene rings is 2. The summed E-state index contributed by atoms with van der Waals surface area (Å²) in [7, 11) is 0. The van der Waals surface area contributed by atoms with Crippen molar-refractivity contribution in [2.45, 2.75) is 38.1 Å². The first kappa shape index (κ1) is 21.5. The van der Waals surface area contributed by atoms with E-state index in [4.69, 9.17) is 0 Å². The fourth-order valence-corrected chi connectivity index (χ4v) is 3.99. The van der Waals surface area contributed by atoms with Crippen LogP contribution in [0.25, 0.3) is 0 Å². The normalized spacial score (nSPS) is 17.1. The average Bonchev–Trinajstić information content (AvgIpc) is 3.35. The molecule has 8 heteroatoms. The van der Waals surface area contributed by atoms with Gasteiger partial charge >= 0.3 is 0 Å². The van der Waals surface area contributed by atoms with Gasteiger partial charge in [-0.1, -0.05) is 30.3 Å². The van der Waals surface area contributed by atoms with Crippen LogP contribution >= 0.6 is 0 Å². The third kappa shape index (κ3) is 4.96. The van der Waals surface area contributed by atoms with E-state index >= 15 is 0 Å². The van der Waals surface area contributed by atoms with Gasteiger partial charge in [-0.25, -0.2) is 5.01 Å². The molecule has 2 aliphatic rings. The van der Waals surface area contributed by atoms with Crippen LogP contribution in [0.5, 0.6) is 0 Å². The molecule has 4 rings (SSSR count). The Morgan fingerprint density at radius 1 is 0.938 bits per heavy atom. The molecule has 2 fully saturated rings. The number of anilines is 1. The molecule has 32 heavy (non-hydrogen) atoms. The first-order valence-corrected chi connectivity index (χ1v) is 10.9. The molecule has 0 aliphatic carbocycles. The largest absolute Gasteiger partial charge is 0.341 e. The summed E-state index contributed by atoms with van der Waals surface area (Å²) in [5.41, 5.74) is 4.36. The zero-order chi connectivity index (χ0) is 22.5. The second-order valence-corrected chi connectivity index (χ2v) is 8.06. The number of carbonyl (C=O) groups excluding carboxylic acids is 4. The zero-order valence-corrected chi connectivity index (χ0v) is 17.8. The molecule has 2 aliphatic heterocycles. The summed E-state index contributed by atoms with van der Waals surface area (Å²) < 4.78 is 0. The van der Waals surface area contributed by atoms with Crippen LogP contribution in [0.2, 0.25) is 0 Å². The van der Waals surface area contributed by atoms with Crippen LogP contribution in [0.15, 0.2) is 54.6 Å². The van der Waals surface area contributed by atoms with E-state index in [-0.39, 0.29) is 36.5 Å². The van der Waals surface area contributed by atoms with Crippen LogP contribution in [0, 0.1) is 0 Å². The molecule has 2 saturated heterocycles. The summed E-state index contributed by atoms with van der Waals surface area (Å²) in [4.78, 5) is 51.5. The maximum Gasteiger partial charge on any atom is 0.251 e.